The molecule has 21 nitrogen and oxygen atoms in total. The van der Waals surface area contributed by atoms with Gasteiger partial charge in [0.25, 0.3) is 0 Å². The molecule has 105 heavy (non-hydrogen) atoms. The fourth-order valence-corrected chi connectivity index (χ4v) is 21.7. The molecule has 8 saturated heterocycles. The Balaban J connectivity index is 0.000000163. The first-order valence-corrected chi connectivity index (χ1v) is 41.4. The van der Waals surface area contributed by atoms with Crippen LogP contribution in [-0.4, -0.2) is 168 Å². The molecule has 4 aliphatic carbocycles. The quantitative estimate of drug-likeness (QED) is 0.0986. The maximum absolute atomic E-state index is 12.4. The minimum atomic E-state index is -1.15. The Morgan fingerprint density at radius 3 is 1.04 bits per heavy atom. The Labute approximate surface area is 631 Å². The fourth-order valence-electron chi connectivity index (χ4n) is 21.7. The number of ether oxygens (including phenoxy) is 14. The van der Waals surface area contributed by atoms with Gasteiger partial charge in [0.05, 0.1) is 24.7 Å². The van der Waals surface area contributed by atoms with Crippen molar-refractivity contribution in [3.05, 3.63) is 0 Å². The van der Waals surface area contributed by atoms with Crippen LogP contribution in [0.5, 0.6) is 0 Å². The van der Waals surface area contributed by atoms with Gasteiger partial charge >= 0.3 is 5.97 Å². The van der Waals surface area contributed by atoms with Gasteiger partial charge in [-0.05, 0) is 208 Å². The van der Waals surface area contributed by atoms with Gasteiger partial charge in [-0.2, -0.15) is 0 Å². The van der Waals surface area contributed by atoms with E-state index in [9.17, 15) is 34.8 Å². The summed E-state index contributed by atoms with van der Waals surface area (Å²) in [5.74, 6) is 0.354. The average Bonchev–Trinajstić information content (AvgIpc) is 1.74. The molecule has 8 aliphatic heterocycles. The first kappa shape index (κ1) is 87.1. The van der Waals surface area contributed by atoms with Gasteiger partial charge in [0.15, 0.2) is 54.6 Å². The van der Waals surface area contributed by atoms with Crippen molar-refractivity contribution in [3.8, 4) is 0 Å². The van der Waals surface area contributed by atoms with Crippen molar-refractivity contribution in [1.29, 1.82) is 0 Å². The second-order valence-corrected chi connectivity index (χ2v) is 37.3. The zero-order valence-corrected chi connectivity index (χ0v) is 69.2. The second-order valence-electron chi connectivity index (χ2n) is 37.3. The van der Waals surface area contributed by atoms with Crippen LogP contribution in [0.15, 0.2) is 0 Å². The summed E-state index contributed by atoms with van der Waals surface area (Å²) in [4.78, 5) is 36.6. The molecule has 0 aromatic heterocycles. The monoisotopic (exact) mass is 1490 g/mol. The van der Waals surface area contributed by atoms with Crippen molar-refractivity contribution in [3.63, 3.8) is 0 Å². The molecule has 0 aromatic rings. The Morgan fingerprint density at radius 1 is 0.390 bits per heavy atom. The van der Waals surface area contributed by atoms with Gasteiger partial charge in [-0.3, -0.25) is 14.4 Å². The number of carbonyl (C=O) groups excluding carboxylic acids is 3. The average molecular weight is 1490 g/mol. The Kier molecular flexibility index (Phi) is 28.6. The van der Waals surface area contributed by atoms with Crippen molar-refractivity contribution in [1.82, 2.24) is 0 Å². The van der Waals surface area contributed by atoms with Crippen LogP contribution < -0.4 is 0 Å². The summed E-state index contributed by atoms with van der Waals surface area (Å²) in [6, 6.07) is 0. The standard InChI is InChI=1S/C23H38O7.C21H36O5.C21H38O4.C19H34O5/c1-13(2)18(24)9-10-19(25)28-20-15(4)17-8-7-14(3)16-11-12-22(5,27-6)30-21(29-20)23(16,17)26;1-12(2)17(22)11-18-14(4)16-8-7-13(3)15-9-10-20(5,24-6)26-19(25-18)21(15,16)23;1-13(2)7-10-18-15(4)17-9-8-14(3)16-11-12-20(5,23-6)25-19(24-18)21(16,17)22;1-11(2)22-16-13(4)15-8-7-12(3)14-9-10-18(5,21-6)24-17(23-16)19(14,15)20/h13-17,20-21,26H,7-12H2,1-6H3;12-16,18-19,23H,7-11H2,1-6H3;13-19,22H,7-12H2,1-6H3;11-17,20H,7-10H2,1-6H3/t14-,15-,16+,17+,20-,21-,22-,23-;13-,14-,15+,16+,18?,19-,20-,21-;14-,15-,16+,17+,18?,19-,20-,21-;12-,13-,14+,15+,16?,17-,18-,19-/m1111/s1. The predicted octanol–water partition coefficient (Wildman–Crippen LogP) is 14.6. The van der Waals surface area contributed by atoms with Crippen molar-refractivity contribution < 1.29 is 101 Å². The molecule has 8 heterocycles. The van der Waals surface area contributed by atoms with Crippen LogP contribution in [0.1, 0.15) is 273 Å². The van der Waals surface area contributed by atoms with Crippen LogP contribution in [0, 0.1) is 112 Å². The topological polar surface area (TPSA) is 261 Å². The first-order valence-electron chi connectivity index (χ1n) is 41.4. The molecule has 0 radical (unpaired) electrons. The van der Waals surface area contributed by atoms with Gasteiger partial charge in [-0.1, -0.05) is 96.9 Å². The normalized spacial score (nSPS) is 48.4. The number of ketones is 2. The van der Waals surface area contributed by atoms with Crippen LogP contribution in [0.4, 0.5) is 0 Å². The maximum atomic E-state index is 12.4. The molecule has 12 fully saturated rings. The van der Waals surface area contributed by atoms with E-state index in [1.807, 2.05) is 76.2 Å². The molecule has 12 aliphatic rings. The summed E-state index contributed by atoms with van der Waals surface area (Å²) < 4.78 is 84.3. The van der Waals surface area contributed by atoms with Crippen LogP contribution in [0.25, 0.3) is 0 Å². The number of hydrogen-bond donors (Lipinski definition) is 4. The van der Waals surface area contributed by atoms with Crippen molar-refractivity contribution in [2.24, 2.45) is 112 Å². The van der Waals surface area contributed by atoms with Gasteiger partial charge < -0.3 is 86.7 Å². The molecule has 4 N–H and O–H groups in total. The van der Waals surface area contributed by atoms with E-state index in [0.29, 0.717) is 48.3 Å². The summed E-state index contributed by atoms with van der Waals surface area (Å²) in [6.07, 6.45) is 13.3. The highest BCUT2D eigenvalue weighted by atomic mass is 16.8. The van der Waals surface area contributed by atoms with Gasteiger partial charge in [-0.15, -0.1) is 0 Å². The lowest BCUT2D eigenvalue weighted by atomic mass is 9.57. The van der Waals surface area contributed by atoms with Crippen molar-refractivity contribution >= 4 is 17.5 Å². The minimum Gasteiger partial charge on any atom is -0.435 e. The Bertz CT molecular complexity index is 2840. The number of aliphatic hydroxyl groups is 4. The molecule has 0 bridgehead atoms. The van der Waals surface area contributed by atoms with Crippen LogP contribution in [0.2, 0.25) is 0 Å². The van der Waals surface area contributed by atoms with E-state index >= 15 is 0 Å². The van der Waals surface area contributed by atoms with Crippen LogP contribution in [-0.2, 0) is 80.7 Å². The van der Waals surface area contributed by atoms with Gasteiger partial charge in [-0.25, -0.2) is 0 Å². The minimum absolute atomic E-state index is 0.00923. The van der Waals surface area contributed by atoms with E-state index in [4.69, 9.17) is 66.3 Å². The summed E-state index contributed by atoms with van der Waals surface area (Å²) in [6.45, 7) is 41.1. The maximum Gasteiger partial charge on any atom is 0.308 e. The van der Waals surface area contributed by atoms with Crippen LogP contribution in [0.3, 0.4) is 0 Å². The number of methoxy groups -OCH3 is 4. The zero-order chi connectivity index (χ0) is 77.6. The molecule has 0 spiro atoms. The largest absolute Gasteiger partial charge is 0.435 e. The number of Topliss-reactive ketones (excluding diaryl/α,β-unsaturated/α-hetero) is 2. The first-order chi connectivity index (χ1) is 49.1. The fraction of sp³-hybridized carbons (Fsp3) is 0.964. The summed E-state index contributed by atoms with van der Waals surface area (Å²) >= 11 is 0. The molecule has 12 rings (SSSR count). The van der Waals surface area contributed by atoms with E-state index in [-0.39, 0.29) is 126 Å². The molecule has 21 heteroatoms. The lowest BCUT2D eigenvalue weighted by Crippen LogP contribution is -2.67. The Hall–Kier alpha value is -1.87. The van der Waals surface area contributed by atoms with Gasteiger partial charge in [0, 0.05) is 102 Å². The third kappa shape index (κ3) is 17.8. The van der Waals surface area contributed by atoms with Gasteiger partial charge in [0.2, 0.25) is 6.29 Å². The lowest BCUT2D eigenvalue weighted by molar-refractivity contribution is -0.413. The van der Waals surface area contributed by atoms with E-state index in [1.54, 1.807) is 28.4 Å². The lowest BCUT2D eigenvalue weighted by Gasteiger charge is -2.57. The Morgan fingerprint density at radius 2 is 0.705 bits per heavy atom. The molecule has 4 saturated carbocycles. The van der Waals surface area contributed by atoms with Crippen molar-refractivity contribution in [2.45, 2.75) is 375 Å². The number of carbonyl (C=O) groups is 3. The molecule has 0 amide bonds. The third-order valence-corrected chi connectivity index (χ3v) is 29.2. The molecule has 608 valence electrons. The highest BCUT2D eigenvalue weighted by molar-refractivity contribution is 5.84. The molecule has 0 aromatic carbocycles. The van der Waals surface area contributed by atoms with Crippen molar-refractivity contribution in [2.75, 3.05) is 28.4 Å². The predicted molar refractivity (Wildman–Crippen MR) is 395 cm³/mol. The van der Waals surface area contributed by atoms with E-state index in [1.165, 1.54) is 6.42 Å². The molecule has 32 atom stereocenters. The summed E-state index contributed by atoms with van der Waals surface area (Å²) in [5.41, 5.74) is -4.01. The SMILES string of the molecule is CO[C@@]1(C)CC[C@H]2[C@H](C)CC[C@H]3[C@@H](C)C(CC(=O)C(C)C)O[C@H](O1)[C@@]23O.CO[C@@]1(C)CC[C@H]2[C@H](C)CC[C@H]3[C@@H](C)C(CCC(C)C)O[C@H](O1)[C@@]23O.CO[C@@]1(C)CC[C@H]2[C@H](C)CC[C@H]3[C@@H](C)C(OC(C)C)O[C@H](O1)[C@@]23O.CO[C@@]1(C)CC[C@H]2[C@H](C)CC[C@H]3[C@@H](C)[C@H](OC(=O)CCC(=O)C(C)C)O[C@H](O1)[C@]32O. The van der Waals surface area contributed by atoms with Gasteiger partial charge in [0.1, 0.15) is 34.0 Å². The molecular formula is C84H146O21. The van der Waals surface area contributed by atoms with E-state index in [2.05, 4.69) is 62.3 Å². The smallest absolute Gasteiger partial charge is 0.308 e. The summed E-state index contributed by atoms with van der Waals surface area (Å²) in [5, 5.41) is 47.5. The molecule has 3 unspecified atom stereocenters. The number of esters is 1. The van der Waals surface area contributed by atoms with E-state index < -0.39 is 83.0 Å². The highest BCUT2D eigenvalue weighted by Gasteiger charge is 2.69. The number of hydrogen-bond acceptors (Lipinski definition) is 21. The second kappa shape index (κ2) is 34.4. The van der Waals surface area contributed by atoms with E-state index in [0.717, 1.165) is 103 Å². The zero-order valence-electron chi connectivity index (χ0n) is 69.2. The molecular weight excluding hydrogens is 1340 g/mol. The highest BCUT2D eigenvalue weighted by Crippen LogP contribution is 2.61. The van der Waals surface area contributed by atoms with Crippen LogP contribution >= 0.6 is 0 Å². The summed E-state index contributed by atoms with van der Waals surface area (Å²) in [7, 11) is 6.59. The third-order valence-electron chi connectivity index (χ3n) is 29.2. The number of rotatable bonds is 17.